The van der Waals surface area contributed by atoms with Crippen LogP contribution in [0, 0.1) is 0 Å². The van der Waals surface area contributed by atoms with Crippen molar-refractivity contribution in [2.75, 3.05) is 12.4 Å². The summed E-state index contributed by atoms with van der Waals surface area (Å²) in [6, 6.07) is 8.04. The van der Waals surface area contributed by atoms with E-state index < -0.39 is 11.6 Å². The Morgan fingerprint density at radius 2 is 2.22 bits per heavy atom. The summed E-state index contributed by atoms with van der Waals surface area (Å²) in [5, 5.41) is 11.0. The van der Waals surface area contributed by atoms with Gasteiger partial charge in [0.25, 0.3) is 0 Å². The van der Waals surface area contributed by atoms with Gasteiger partial charge in [0, 0.05) is 11.5 Å². The molecular formula is C16H13NO5S. The van der Waals surface area contributed by atoms with Crippen LogP contribution in [-0.4, -0.2) is 28.5 Å². The monoisotopic (exact) mass is 331 g/mol. The first-order chi connectivity index (χ1) is 11.1. The maximum absolute atomic E-state index is 11.9. The van der Waals surface area contributed by atoms with Crippen LogP contribution in [0.4, 0.5) is 5.69 Å². The molecule has 0 atom stereocenters. The number of ether oxygens (including phenoxy) is 1. The van der Waals surface area contributed by atoms with Gasteiger partial charge in [-0.05, 0) is 31.2 Å². The average Bonchev–Trinajstić information content (AvgIpc) is 2.88. The minimum atomic E-state index is -0.583. The molecule has 23 heavy (non-hydrogen) atoms. The van der Waals surface area contributed by atoms with Gasteiger partial charge >= 0.3 is 11.6 Å². The molecule has 0 radical (unpaired) electrons. The van der Waals surface area contributed by atoms with Gasteiger partial charge in [0.05, 0.1) is 18.0 Å². The number of aliphatic hydroxyl groups excluding tert-OH is 1. The van der Waals surface area contributed by atoms with Crippen molar-refractivity contribution in [1.82, 2.24) is 0 Å². The molecule has 7 heteroatoms. The third-order valence-electron chi connectivity index (χ3n) is 3.16. The first-order valence-corrected chi connectivity index (χ1v) is 7.92. The van der Waals surface area contributed by atoms with E-state index in [1.54, 1.807) is 31.2 Å². The molecule has 0 bridgehead atoms. The van der Waals surface area contributed by atoms with Crippen LogP contribution in [0.15, 0.2) is 55.9 Å². The lowest BCUT2D eigenvalue weighted by molar-refractivity contribution is -0.138. The fraction of sp³-hybridized carbons (Fsp3) is 0.188. The third-order valence-corrected chi connectivity index (χ3v) is 4.15. The molecule has 1 aliphatic heterocycles. The molecule has 0 saturated carbocycles. The van der Waals surface area contributed by atoms with Crippen molar-refractivity contribution >= 4 is 39.4 Å². The number of benzene rings is 1. The summed E-state index contributed by atoms with van der Waals surface area (Å²) in [5.74, 6) is -0.324. The number of carbonyl (C=O) groups is 1. The average molecular weight is 331 g/mol. The highest BCUT2D eigenvalue weighted by atomic mass is 32.2. The van der Waals surface area contributed by atoms with Crippen molar-refractivity contribution in [1.29, 1.82) is 0 Å². The Hall–Kier alpha value is -2.54. The van der Waals surface area contributed by atoms with Crippen LogP contribution in [0.2, 0.25) is 0 Å². The van der Waals surface area contributed by atoms with E-state index in [2.05, 4.69) is 4.99 Å². The molecule has 2 heterocycles. The predicted molar refractivity (Wildman–Crippen MR) is 88.3 cm³/mol. The fourth-order valence-corrected chi connectivity index (χ4v) is 3.08. The molecule has 0 aliphatic carbocycles. The topological polar surface area (TPSA) is 89.1 Å². The van der Waals surface area contributed by atoms with Crippen LogP contribution in [-0.2, 0) is 9.53 Å². The Balaban J connectivity index is 1.99. The number of aliphatic hydroxyl groups is 1. The van der Waals surface area contributed by atoms with Gasteiger partial charge in [0.15, 0.2) is 0 Å². The summed E-state index contributed by atoms with van der Waals surface area (Å²) in [6.45, 7) is 1.92. The zero-order valence-corrected chi connectivity index (χ0v) is 13.1. The molecule has 3 rings (SSSR count). The predicted octanol–water partition coefficient (Wildman–Crippen LogP) is 2.95. The number of fused-ring (bicyclic) bond motifs is 1. The van der Waals surface area contributed by atoms with E-state index in [0.29, 0.717) is 16.3 Å². The molecule has 1 aromatic carbocycles. The van der Waals surface area contributed by atoms with E-state index in [1.165, 1.54) is 17.8 Å². The molecular weight excluding hydrogens is 318 g/mol. The van der Waals surface area contributed by atoms with E-state index in [9.17, 15) is 14.7 Å². The number of carbonyl (C=O) groups excluding carboxylic acids is 1. The van der Waals surface area contributed by atoms with Gasteiger partial charge in [0.1, 0.15) is 22.0 Å². The highest BCUT2D eigenvalue weighted by Crippen LogP contribution is 2.30. The highest BCUT2D eigenvalue weighted by Gasteiger charge is 2.29. The fourth-order valence-electron chi connectivity index (χ4n) is 2.15. The molecule has 0 saturated heterocycles. The van der Waals surface area contributed by atoms with Gasteiger partial charge in [-0.1, -0.05) is 11.8 Å². The lowest BCUT2D eigenvalue weighted by Gasteiger charge is -2.04. The molecule has 1 N–H and O–H groups in total. The van der Waals surface area contributed by atoms with Crippen LogP contribution >= 0.6 is 11.8 Å². The van der Waals surface area contributed by atoms with Crippen molar-refractivity contribution in [2.24, 2.45) is 4.99 Å². The van der Waals surface area contributed by atoms with Gasteiger partial charge in [-0.25, -0.2) is 14.6 Å². The van der Waals surface area contributed by atoms with Gasteiger partial charge in [-0.15, -0.1) is 0 Å². The first-order valence-electron chi connectivity index (χ1n) is 6.93. The molecule has 1 aliphatic rings. The van der Waals surface area contributed by atoms with Gasteiger partial charge in [0.2, 0.25) is 0 Å². The van der Waals surface area contributed by atoms with Crippen LogP contribution in [0.3, 0.4) is 0 Å². The number of hydrogen-bond acceptors (Lipinski definition) is 7. The summed E-state index contributed by atoms with van der Waals surface area (Å²) in [7, 11) is 0. The number of esters is 1. The van der Waals surface area contributed by atoms with Crippen molar-refractivity contribution in [2.45, 2.75) is 6.92 Å². The normalized spacial score (nSPS) is 16.3. The molecule has 0 amide bonds. The number of nitrogens with zero attached hydrogens (tertiary/aromatic N) is 1. The van der Waals surface area contributed by atoms with E-state index in [0.717, 1.165) is 5.39 Å². The minimum absolute atomic E-state index is 0.0287. The number of hydrogen-bond donors (Lipinski definition) is 1. The molecule has 0 unspecified atom stereocenters. The summed E-state index contributed by atoms with van der Waals surface area (Å²) in [5.41, 5.74) is 0.742. The molecule has 118 valence electrons. The summed E-state index contributed by atoms with van der Waals surface area (Å²) in [6.07, 6.45) is 0. The van der Waals surface area contributed by atoms with Crippen LogP contribution in [0.25, 0.3) is 11.0 Å². The number of aliphatic imine (C=N–C) groups is 1. The van der Waals surface area contributed by atoms with E-state index >= 15 is 0 Å². The third kappa shape index (κ3) is 3.14. The van der Waals surface area contributed by atoms with Crippen molar-refractivity contribution in [3.8, 4) is 0 Å². The molecule has 1 aromatic heterocycles. The molecule has 0 fully saturated rings. The van der Waals surface area contributed by atoms with E-state index in [4.69, 9.17) is 9.15 Å². The quantitative estimate of drug-likeness (QED) is 0.687. The Kier molecular flexibility index (Phi) is 4.20. The second-order valence-corrected chi connectivity index (χ2v) is 5.69. The summed E-state index contributed by atoms with van der Waals surface area (Å²) >= 11 is 1.27. The van der Waals surface area contributed by atoms with Gasteiger partial charge < -0.3 is 14.3 Å². The lowest BCUT2D eigenvalue weighted by atomic mass is 10.2. The SMILES string of the molecule is CCOC(=O)C1=C(O)CSC1=Nc1ccc2oc(=O)ccc2c1. The standard InChI is InChI=1S/C16H13NO5S/c1-2-21-16(20)14-11(18)8-23-15(14)17-10-4-5-12-9(7-10)3-6-13(19)22-12/h3-7,18H,2,8H2,1H3. The van der Waals surface area contributed by atoms with Crippen LogP contribution in [0.1, 0.15) is 6.92 Å². The van der Waals surface area contributed by atoms with Crippen LogP contribution < -0.4 is 5.63 Å². The molecule has 6 nitrogen and oxygen atoms in total. The second-order valence-electron chi connectivity index (χ2n) is 4.72. The molecule has 0 spiro atoms. The van der Waals surface area contributed by atoms with Gasteiger partial charge in [-0.2, -0.15) is 0 Å². The Morgan fingerprint density at radius 3 is 3.00 bits per heavy atom. The van der Waals surface area contributed by atoms with Crippen molar-refractivity contribution < 1.29 is 19.1 Å². The number of thioether (sulfide) groups is 1. The highest BCUT2D eigenvalue weighted by molar-refractivity contribution is 8.15. The Bertz CT molecular complexity index is 897. The maximum Gasteiger partial charge on any atom is 0.344 e. The van der Waals surface area contributed by atoms with Crippen LogP contribution in [0.5, 0.6) is 0 Å². The van der Waals surface area contributed by atoms with Crippen molar-refractivity contribution in [3.05, 3.63) is 52.1 Å². The van der Waals surface area contributed by atoms with Crippen molar-refractivity contribution in [3.63, 3.8) is 0 Å². The smallest absolute Gasteiger partial charge is 0.344 e. The summed E-state index contributed by atoms with van der Waals surface area (Å²) < 4.78 is 10.0. The Labute approximate surface area is 135 Å². The first kappa shape index (κ1) is 15.4. The summed E-state index contributed by atoms with van der Waals surface area (Å²) in [4.78, 5) is 27.5. The zero-order chi connectivity index (χ0) is 16.4. The second kappa shape index (κ2) is 6.29. The zero-order valence-electron chi connectivity index (χ0n) is 12.2. The maximum atomic E-state index is 11.9. The van der Waals surface area contributed by atoms with E-state index in [-0.39, 0.29) is 23.7 Å². The Morgan fingerprint density at radius 1 is 1.39 bits per heavy atom. The lowest BCUT2D eigenvalue weighted by Crippen LogP contribution is -2.12. The largest absolute Gasteiger partial charge is 0.510 e. The van der Waals surface area contributed by atoms with Gasteiger partial charge in [-0.3, -0.25) is 0 Å². The molecule has 2 aromatic rings. The minimum Gasteiger partial charge on any atom is -0.510 e. The van der Waals surface area contributed by atoms with E-state index in [1.807, 2.05) is 0 Å². The number of rotatable bonds is 3.